The lowest BCUT2D eigenvalue weighted by atomic mass is 10.1. The summed E-state index contributed by atoms with van der Waals surface area (Å²) in [5.74, 6) is 0.454. The van der Waals surface area contributed by atoms with Crippen molar-refractivity contribution in [2.75, 3.05) is 31.6 Å². The number of fused-ring (bicyclic) bond motifs is 1. The van der Waals surface area contributed by atoms with Crippen LogP contribution < -0.4 is 5.32 Å². The Bertz CT molecular complexity index is 1050. The predicted molar refractivity (Wildman–Crippen MR) is 113 cm³/mol. The lowest BCUT2D eigenvalue weighted by molar-refractivity contribution is 0.183. The summed E-state index contributed by atoms with van der Waals surface area (Å²) in [4.78, 5) is 2.40. The van der Waals surface area contributed by atoms with E-state index in [4.69, 9.17) is 9.84 Å². The molecule has 8 heteroatoms. The van der Waals surface area contributed by atoms with Crippen molar-refractivity contribution in [2.45, 2.75) is 32.4 Å². The lowest BCUT2D eigenvalue weighted by Gasteiger charge is -2.27. The maximum atomic E-state index is 15.0. The number of benzene rings is 1. The van der Waals surface area contributed by atoms with Crippen LogP contribution in [0.25, 0.3) is 11.1 Å². The van der Waals surface area contributed by atoms with Gasteiger partial charge >= 0.3 is 0 Å². The van der Waals surface area contributed by atoms with E-state index in [1.807, 2.05) is 19.3 Å². The van der Waals surface area contributed by atoms with Crippen molar-refractivity contribution in [1.82, 2.24) is 24.5 Å². The Kier molecular flexibility index (Phi) is 5.04. The van der Waals surface area contributed by atoms with Crippen molar-refractivity contribution in [2.24, 2.45) is 7.05 Å². The van der Waals surface area contributed by atoms with E-state index in [1.54, 1.807) is 23.0 Å². The van der Waals surface area contributed by atoms with E-state index >= 15 is 0 Å². The van der Waals surface area contributed by atoms with Gasteiger partial charge in [-0.05, 0) is 30.7 Å². The molecule has 1 aromatic carbocycles. The van der Waals surface area contributed by atoms with Gasteiger partial charge in [-0.2, -0.15) is 10.2 Å². The Balaban J connectivity index is 1.47. The molecule has 1 saturated heterocycles. The molecule has 4 heterocycles. The van der Waals surface area contributed by atoms with Crippen LogP contribution >= 0.6 is 0 Å². The van der Waals surface area contributed by atoms with Crippen molar-refractivity contribution in [3.63, 3.8) is 0 Å². The molecule has 0 amide bonds. The first-order valence-electron chi connectivity index (χ1n) is 10.6. The van der Waals surface area contributed by atoms with Crippen LogP contribution in [0.5, 0.6) is 0 Å². The zero-order chi connectivity index (χ0) is 20.7. The molecule has 2 aromatic heterocycles. The quantitative estimate of drug-likeness (QED) is 0.698. The van der Waals surface area contributed by atoms with Crippen LogP contribution in [0.15, 0.2) is 30.6 Å². The molecule has 0 saturated carbocycles. The van der Waals surface area contributed by atoms with Crippen molar-refractivity contribution in [3.8, 4) is 11.1 Å². The van der Waals surface area contributed by atoms with Crippen LogP contribution in [0.3, 0.4) is 0 Å². The Labute approximate surface area is 175 Å². The maximum absolute atomic E-state index is 15.0. The first kappa shape index (κ1) is 19.3. The molecule has 2 aliphatic heterocycles. The molecule has 0 bridgehead atoms. The summed E-state index contributed by atoms with van der Waals surface area (Å²) in [7, 11) is 1.85. The minimum atomic E-state index is -0.299. The third-order valence-corrected chi connectivity index (χ3v) is 6.12. The normalized spacial score (nSPS) is 19.2. The number of anilines is 2. The molecule has 7 nitrogen and oxygen atoms in total. The van der Waals surface area contributed by atoms with Crippen LogP contribution in [0.4, 0.5) is 15.9 Å². The second-order valence-corrected chi connectivity index (χ2v) is 8.08. The molecule has 1 unspecified atom stereocenters. The summed E-state index contributed by atoms with van der Waals surface area (Å²) >= 11 is 0. The average molecular weight is 410 g/mol. The molecule has 0 spiro atoms. The van der Waals surface area contributed by atoms with Crippen molar-refractivity contribution < 1.29 is 9.13 Å². The monoisotopic (exact) mass is 410 g/mol. The summed E-state index contributed by atoms with van der Waals surface area (Å²) in [6.45, 7) is 6.48. The van der Waals surface area contributed by atoms with Gasteiger partial charge in [0.15, 0.2) is 5.82 Å². The highest BCUT2D eigenvalue weighted by Crippen LogP contribution is 2.33. The highest BCUT2D eigenvalue weighted by atomic mass is 19.1. The fraction of sp³-hybridized carbons (Fsp3) is 0.455. The van der Waals surface area contributed by atoms with Crippen molar-refractivity contribution in [1.29, 1.82) is 0 Å². The third kappa shape index (κ3) is 3.50. The number of hydrogen-bond donors (Lipinski definition) is 1. The van der Waals surface area contributed by atoms with Crippen LogP contribution in [0, 0.1) is 5.82 Å². The molecule has 1 N–H and O–H groups in total. The van der Waals surface area contributed by atoms with E-state index < -0.39 is 0 Å². The van der Waals surface area contributed by atoms with Crippen LogP contribution in [0.2, 0.25) is 0 Å². The van der Waals surface area contributed by atoms with Gasteiger partial charge in [0.1, 0.15) is 5.82 Å². The molecular formula is C22H27FN6O. The number of aryl methyl sites for hydroxylation is 1. The van der Waals surface area contributed by atoms with E-state index in [2.05, 4.69) is 26.9 Å². The molecule has 5 rings (SSSR count). The van der Waals surface area contributed by atoms with Gasteiger partial charge in [-0.15, -0.1) is 0 Å². The largest absolute Gasteiger partial charge is 0.379 e. The molecule has 158 valence electrons. The SMILES string of the molecule is CCN1CCc2c(c(Nc3ccc(-c4cnn(C)c4)cc3F)nn2C2CCOC2)C1. The number of rotatable bonds is 5. The number of nitrogens with one attached hydrogen (secondary N) is 1. The Hall–Kier alpha value is -2.71. The fourth-order valence-electron chi connectivity index (χ4n) is 4.38. The summed E-state index contributed by atoms with van der Waals surface area (Å²) in [6, 6.07) is 5.50. The Morgan fingerprint density at radius 2 is 2.20 bits per heavy atom. The predicted octanol–water partition coefficient (Wildman–Crippen LogP) is 3.51. The standard InChI is InChI=1S/C22H27FN6O/c1-3-28-8-6-21-18(13-28)22(26-29(21)17-7-9-30-14-17)25-20-5-4-15(10-19(20)23)16-11-24-27(2)12-16/h4-5,10-12,17H,3,6-9,13-14H2,1-2H3,(H,25,26). The van der Waals surface area contributed by atoms with E-state index in [-0.39, 0.29) is 11.9 Å². The van der Waals surface area contributed by atoms with Crippen molar-refractivity contribution >= 4 is 11.5 Å². The van der Waals surface area contributed by atoms with Gasteiger partial charge in [0.2, 0.25) is 0 Å². The van der Waals surface area contributed by atoms with Crippen LogP contribution in [-0.2, 0) is 24.8 Å². The Morgan fingerprint density at radius 1 is 1.30 bits per heavy atom. The summed E-state index contributed by atoms with van der Waals surface area (Å²) in [6.07, 6.45) is 5.54. The molecule has 1 atom stereocenters. The van der Waals surface area contributed by atoms with E-state index in [0.717, 1.165) is 56.0 Å². The van der Waals surface area contributed by atoms with Gasteiger partial charge in [-0.25, -0.2) is 4.39 Å². The van der Waals surface area contributed by atoms with Gasteiger partial charge in [0, 0.05) is 56.2 Å². The highest BCUT2D eigenvalue weighted by Gasteiger charge is 2.29. The number of ether oxygens (including phenoxy) is 1. The Morgan fingerprint density at radius 3 is 2.90 bits per heavy atom. The van der Waals surface area contributed by atoms with E-state index in [0.29, 0.717) is 12.3 Å². The van der Waals surface area contributed by atoms with Gasteiger partial charge in [0.25, 0.3) is 0 Å². The second-order valence-electron chi connectivity index (χ2n) is 8.08. The molecule has 3 aromatic rings. The third-order valence-electron chi connectivity index (χ3n) is 6.12. The number of halogens is 1. The van der Waals surface area contributed by atoms with Gasteiger partial charge in [0.05, 0.1) is 24.5 Å². The minimum absolute atomic E-state index is 0.264. The average Bonchev–Trinajstić information content (AvgIpc) is 3.49. The van der Waals surface area contributed by atoms with Gasteiger partial charge in [-0.3, -0.25) is 14.3 Å². The molecule has 30 heavy (non-hydrogen) atoms. The number of nitrogens with zero attached hydrogens (tertiary/aromatic N) is 5. The smallest absolute Gasteiger partial charge is 0.157 e. The summed E-state index contributed by atoms with van der Waals surface area (Å²) < 4.78 is 24.4. The van der Waals surface area contributed by atoms with E-state index in [9.17, 15) is 4.39 Å². The molecule has 2 aliphatic rings. The van der Waals surface area contributed by atoms with Gasteiger partial charge < -0.3 is 10.1 Å². The molecule has 0 aliphatic carbocycles. The van der Waals surface area contributed by atoms with Crippen molar-refractivity contribution in [3.05, 3.63) is 47.7 Å². The second kappa shape index (κ2) is 7.85. The van der Waals surface area contributed by atoms with Gasteiger partial charge in [-0.1, -0.05) is 13.0 Å². The molecule has 0 radical (unpaired) electrons. The highest BCUT2D eigenvalue weighted by molar-refractivity contribution is 5.68. The minimum Gasteiger partial charge on any atom is -0.379 e. The lowest BCUT2D eigenvalue weighted by Crippen LogP contribution is -2.31. The molecular weight excluding hydrogens is 383 g/mol. The topological polar surface area (TPSA) is 60.1 Å². The maximum Gasteiger partial charge on any atom is 0.157 e. The summed E-state index contributed by atoms with van der Waals surface area (Å²) in [5.41, 5.74) is 4.56. The van der Waals surface area contributed by atoms with E-state index in [1.165, 1.54) is 11.3 Å². The van der Waals surface area contributed by atoms with Crippen LogP contribution in [-0.4, -0.2) is 50.8 Å². The first-order valence-corrected chi connectivity index (χ1v) is 10.6. The number of aromatic nitrogens is 4. The number of likely N-dealkylation sites (N-methyl/N-ethyl adjacent to an activating group) is 1. The zero-order valence-electron chi connectivity index (χ0n) is 17.4. The summed E-state index contributed by atoms with van der Waals surface area (Å²) in [5, 5.41) is 12.3. The zero-order valence-corrected chi connectivity index (χ0v) is 17.4. The fourth-order valence-corrected chi connectivity index (χ4v) is 4.38. The van der Waals surface area contributed by atoms with Crippen LogP contribution in [0.1, 0.15) is 30.6 Å². The first-order chi connectivity index (χ1) is 14.6. The number of hydrogen-bond acceptors (Lipinski definition) is 5. The molecule has 1 fully saturated rings.